The maximum Gasteiger partial charge on any atom is 0.398 e. The van der Waals surface area contributed by atoms with Crippen molar-refractivity contribution in [3.63, 3.8) is 0 Å². The zero-order valence-corrected chi connectivity index (χ0v) is 19.5. The molecule has 1 fully saturated rings. The molecule has 1 aliphatic carbocycles. The normalized spacial score (nSPS) is 18.5. The van der Waals surface area contributed by atoms with Gasteiger partial charge in [0.1, 0.15) is 11.5 Å². The fourth-order valence-electron chi connectivity index (χ4n) is 4.35. The lowest BCUT2D eigenvalue weighted by Gasteiger charge is -2.27. The first kappa shape index (κ1) is 26.0. The van der Waals surface area contributed by atoms with Crippen LogP contribution in [-0.4, -0.2) is 12.1 Å². The quantitative estimate of drug-likeness (QED) is 0.142. The Morgan fingerprint density at radius 2 is 1.62 bits per heavy atom. The summed E-state index contributed by atoms with van der Waals surface area (Å²) in [6.07, 6.45) is 4.58. The maximum atomic E-state index is 14.1. The average molecular weight is 481 g/mol. The molecule has 3 nitrogen and oxygen atoms in total. The van der Waals surface area contributed by atoms with Crippen molar-refractivity contribution in [2.24, 2.45) is 11.8 Å². The Hall–Kier alpha value is -2.57. The van der Waals surface area contributed by atoms with E-state index in [2.05, 4.69) is 11.7 Å². The van der Waals surface area contributed by atoms with Gasteiger partial charge in [-0.25, -0.2) is 8.78 Å². The number of carbonyl (C=O) groups is 1. The number of ether oxygens (including phenoxy) is 2. The number of rotatable bonds is 11. The van der Waals surface area contributed by atoms with E-state index in [0.29, 0.717) is 23.3 Å². The Balaban J connectivity index is 1.43. The number of esters is 1. The number of unbranched alkanes of at least 4 members (excludes halogenated alkanes) is 2. The number of aryl methyl sites for hydroxylation is 1. The highest BCUT2D eigenvalue weighted by Gasteiger charge is 2.31. The summed E-state index contributed by atoms with van der Waals surface area (Å²) in [5.41, 5.74) is 0.612. The monoisotopic (exact) mass is 480 g/mol. The SMILES string of the molecule is CCCCCC1CCC(C(=O)Oc2ccc(CCC(F)(F)Oc3ccc(F)c(F)c3)cc2)CC1. The lowest BCUT2D eigenvalue weighted by Crippen LogP contribution is -2.26. The van der Waals surface area contributed by atoms with Crippen molar-refractivity contribution in [2.45, 2.75) is 77.2 Å². The molecule has 0 bridgehead atoms. The maximum absolute atomic E-state index is 14.1. The lowest BCUT2D eigenvalue weighted by molar-refractivity contribution is -0.180. The summed E-state index contributed by atoms with van der Waals surface area (Å²) in [5.74, 6) is -2.05. The van der Waals surface area contributed by atoms with Crippen molar-refractivity contribution in [3.8, 4) is 11.5 Å². The second-order valence-corrected chi connectivity index (χ2v) is 9.09. The molecule has 0 heterocycles. The van der Waals surface area contributed by atoms with Crippen LogP contribution in [0.3, 0.4) is 0 Å². The van der Waals surface area contributed by atoms with Gasteiger partial charge in [0.2, 0.25) is 0 Å². The fourth-order valence-corrected chi connectivity index (χ4v) is 4.35. The first-order chi connectivity index (χ1) is 16.3. The van der Waals surface area contributed by atoms with Gasteiger partial charge < -0.3 is 9.47 Å². The van der Waals surface area contributed by atoms with E-state index in [-0.39, 0.29) is 18.3 Å². The van der Waals surface area contributed by atoms with Gasteiger partial charge >= 0.3 is 12.1 Å². The topological polar surface area (TPSA) is 35.5 Å². The first-order valence-corrected chi connectivity index (χ1v) is 12.1. The van der Waals surface area contributed by atoms with Crippen LogP contribution in [0, 0.1) is 23.5 Å². The van der Waals surface area contributed by atoms with Crippen LogP contribution in [0.2, 0.25) is 0 Å². The van der Waals surface area contributed by atoms with Crippen LogP contribution in [0.15, 0.2) is 42.5 Å². The summed E-state index contributed by atoms with van der Waals surface area (Å²) in [6.45, 7) is 2.20. The predicted octanol–water partition coefficient (Wildman–Crippen LogP) is 7.86. The standard InChI is InChI=1S/C27H32F4O3/c1-2-3-4-5-19-6-10-21(11-7-19)26(32)33-22-12-8-20(9-13-22)16-17-27(30,31)34-23-14-15-24(28)25(29)18-23/h8-9,12-15,18-19,21H,2-7,10-11,16-17H2,1H3. The van der Waals surface area contributed by atoms with Crippen molar-refractivity contribution < 1.29 is 31.8 Å². The first-order valence-electron chi connectivity index (χ1n) is 12.1. The molecule has 0 amide bonds. The minimum Gasteiger partial charge on any atom is -0.432 e. The molecule has 186 valence electrons. The van der Waals surface area contributed by atoms with Gasteiger partial charge in [0.05, 0.1) is 12.3 Å². The van der Waals surface area contributed by atoms with Crippen LogP contribution in [0.4, 0.5) is 17.6 Å². The summed E-state index contributed by atoms with van der Waals surface area (Å²) in [6, 6.07) is 8.72. The van der Waals surface area contributed by atoms with Gasteiger partial charge in [0.25, 0.3) is 0 Å². The third kappa shape index (κ3) is 8.03. The van der Waals surface area contributed by atoms with E-state index < -0.39 is 29.9 Å². The summed E-state index contributed by atoms with van der Waals surface area (Å²) >= 11 is 0. The molecular weight excluding hydrogens is 448 g/mol. The highest BCUT2D eigenvalue weighted by Crippen LogP contribution is 2.33. The summed E-state index contributed by atoms with van der Waals surface area (Å²) in [7, 11) is 0. The molecule has 1 saturated carbocycles. The highest BCUT2D eigenvalue weighted by molar-refractivity contribution is 5.75. The number of benzene rings is 2. The molecule has 0 aromatic heterocycles. The molecule has 34 heavy (non-hydrogen) atoms. The van der Waals surface area contributed by atoms with Crippen molar-refractivity contribution in [2.75, 3.05) is 0 Å². The third-order valence-electron chi connectivity index (χ3n) is 6.40. The number of alkyl halides is 2. The molecule has 1 aliphatic rings. The van der Waals surface area contributed by atoms with Gasteiger partial charge in [-0.15, -0.1) is 0 Å². The van der Waals surface area contributed by atoms with Crippen LogP contribution >= 0.6 is 0 Å². The van der Waals surface area contributed by atoms with Gasteiger partial charge in [-0.05, 0) is 67.9 Å². The Morgan fingerprint density at radius 3 is 2.26 bits per heavy atom. The number of halogens is 4. The molecular formula is C27H32F4O3. The summed E-state index contributed by atoms with van der Waals surface area (Å²) in [5, 5.41) is 0. The minimum absolute atomic E-state index is 0.00700. The van der Waals surface area contributed by atoms with E-state index in [1.165, 1.54) is 25.7 Å². The summed E-state index contributed by atoms with van der Waals surface area (Å²) < 4.78 is 64.3. The second kappa shape index (κ2) is 12.2. The Bertz CT molecular complexity index is 922. The van der Waals surface area contributed by atoms with Gasteiger partial charge in [-0.1, -0.05) is 44.7 Å². The van der Waals surface area contributed by atoms with Crippen LogP contribution in [0.25, 0.3) is 0 Å². The Labute approximate surface area is 198 Å². The molecule has 7 heteroatoms. The van der Waals surface area contributed by atoms with Crippen molar-refractivity contribution in [1.29, 1.82) is 0 Å². The molecule has 0 radical (unpaired) electrons. The van der Waals surface area contributed by atoms with Crippen molar-refractivity contribution in [1.82, 2.24) is 0 Å². The molecule has 2 aromatic carbocycles. The molecule has 0 N–H and O–H groups in total. The molecule has 2 aromatic rings. The van der Waals surface area contributed by atoms with Crippen LogP contribution < -0.4 is 9.47 Å². The van der Waals surface area contributed by atoms with E-state index in [1.807, 2.05) is 0 Å². The number of carbonyl (C=O) groups excluding carboxylic acids is 1. The zero-order valence-electron chi connectivity index (χ0n) is 19.5. The zero-order chi connectivity index (χ0) is 24.6. The van der Waals surface area contributed by atoms with E-state index in [0.717, 1.165) is 37.8 Å². The minimum atomic E-state index is -3.55. The van der Waals surface area contributed by atoms with Gasteiger partial charge in [-0.2, -0.15) is 8.78 Å². The molecule has 0 saturated heterocycles. The van der Waals surface area contributed by atoms with Crippen LogP contribution in [0.1, 0.15) is 70.3 Å². The van der Waals surface area contributed by atoms with Crippen molar-refractivity contribution in [3.05, 3.63) is 59.7 Å². The largest absolute Gasteiger partial charge is 0.432 e. The molecule has 3 rings (SSSR count). The Morgan fingerprint density at radius 1 is 0.941 bits per heavy atom. The predicted molar refractivity (Wildman–Crippen MR) is 122 cm³/mol. The summed E-state index contributed by atoms with van der Waals surface area (Å²) in [4.78, 5) is 12.5. The van der Waals surface area contributed by atoms with Crippen LogP contribution in [-0.2, 0) is 11.2 Å². The van der Waals surface area contributed by atoms with Gasteiger partial charge in [-0.3, -0.25) is 4.79 Å². The van der Waals surface area contributed by atoms with E-state index >= 15 is 0 Å². The van der Waals surface area contributed by atoms with E-state index in [9.17, 15) is 22.4 Å². The smallest absolute Gasteiger partial charge is 0.398 e. The fraction of sp³-hybridized carbons (Fsp3) is 0.519. The van der Waals surface area contributed by atoms with Gasteiger partial charge in [0.15, 0.2) is 11.6 Å². The average Bonchev–Trinajstić information content (AvgIpc) is 2.81. The van der Waals surface area contributed by atoms with Crippen molar-refractivity contribution >= 4 is 5.97 Å². The van der Waals surface area contributed by atoms with Crippen LogP contribution in [0.5, 0.6) is 11.5 Å². The number of hydrogen-bond donors (Lipinski definition) is 0. The van der Waals surface area contributed by atoms with Gasteiger partial charge in [0, 0.05) is 6.07 Å². The molecule has 0 unspecified atom stereocenters. The second-order valence-electron chi connectivity index (χ2n) is 9.09. The van der Waals surface area contributed by atoms with E-state index in [4.69, 9.17) is 4.74 Å². The highest BCUT2D eigenvalue weighted by atomic mass is 19.3. The Kier molecular flexibility index (Phi) is 9.36. The lowest BCUT2D eigenvalue weighted by atomic mass is 9.80. The number of hydrogen-bond acceptors (Lipinski definition) is 3. The third-order valence-corrected chi connectivity index (χ3v) is 6.40. The molecule has 0 spiro atoms. The molecule has 0 aliphatic heterocycles. The molecule has 0 atom stereocenters. The van der Waals surface area contributed by atoms with E-state index in [1.54, 1.807) is 24.3 Å².